The molecule has 0 saturated heterocycles. The zero-order valence-corrected chi connectivity index (χ0v) is 10.6. The van der Waals surface area contributed by atoms with Crippen LogP contribution in [0.4, 0.5) is 4.39 Å². The molecule has 0 N–H and O–H groups in total. The average Bonchev–Trinajstić information content (AvgIpc) is 3.06. The number of hydrogen-bond acceptors (Lipinski definition) is 1. The molecule has 0 atom stereocenters. The second kappa shape index (κ2) is 4.53. The van der Waals surface area contributed by atoms with Crippen LogP contribution in [0, 0.1) is 5.82 Å². The standard InChI is InChI=1S/C12H13BrFNO/c1-15(9-3-4-9)12(16)7-8-2-5-11(14)10(13)6-8/h2,5-6,9H,3-4,7H2,1H3. The number of carbonyl (C=O) groups is 1. The van der Waals surface area contributed by atoms with Crippen molar-refractivity contribution >= 4 is 21.8 Å². The lowest BCUT2D eigenvalue weighted by molar-refractivity contribution is -0.129. The molecule has 0 aromatic heterocycles. The van der Waals surface area contributed by atoms with Crippen LogP contribution in [-0.2, 0) is 11.2 Å². The van der Waals surface area contributed by atoms with E-state index >= 15 is 0 Å². The molecule has 86 valence electrons. The summed E-state index contributed by atoms with van der Waals surface area (Å²) in [4.78, 5) is 13.6. The maximum atomic E-state index is 13.0. The van der Waals surface area contributed by atoms with Gasteiger partial charge < -0.3 is 4.90 Å². The molecule has 0 unspecified atom stereocenters. The highest BCUT2D eigenvalue weighted by atomic mass is 79.9. The van der Waals surface area contributed by atoms with Crippen LogP contribution < -0.4 is 0 Å². The fourth-order valence-electron chi connectivity index (χ4n) is 1.61. The van der Waals surface area contributed by atoms with E-state index in [1.165, 1.54) is 6.07 Å². The van der Waals surface area contributed by atoms with Crippen LogP contribution in [0.15, 0.2) is 22.7 Å². The summed E-state index contributed by atoms with van der Waals surface area (Å²) < 4.78 is 13.4. The average molecular weight is 286 g/mol. The fraction of sp³-hybridized carbons (Fsp3) is 0.417. The normalized spacial score (nSPS) is 14.9. The van der Waals surface area contributed by atoms with E-state index in [1.54, 1.807) is 17.0 Å². The molecule has 0 heterocycles. The molecule has 0 aliphatic heterocycles. The van der Waals surface area contributed by atoms with E-state index in [0.29, 0.717) is 16.9 Å². The first-order valence-electron chi connectivity index (χ1n) is 5.27. The first-order valence-corrected chi connectivity index (χ1v) is 6.07. The van der Waals surface area contributed by atoms with Gasteiger partial charge in [0.1, 0.15) is 5.82 Å². The van der Waals surface area contributed by atoms with Crippen molar-refractivity contribution in [2.45, 2.75) is 25.3 Å². The molecule has 0 spiro atoms. The summed E-state index contributed by atoms with van der Waals surface area (Å²) in [6.45, 7) is 0. The molecule has 16 heavy (non-hydrogen) atoms. The van der Waals surface area contributed by atoms with Gasteiger partial charge in [-0.3, -0.25) is 4.79 Å². The van der Waals surface area contributed by atoms with E-state index in [0.717, 1.165) is 18.4 Å². The van der Waals surface area contributed by atoms with Gasteiger partial charge in [-0.05, 0) is 46.5 Å². The lowest BCUT2D eigenvalue weighted by atomic mass is 10.1. The molecule has 1 fully saturated rings. The molecule has 1 aromatic rings. The molecular weight excluding hydrogens is 273 g/mol. The van der Waals surface area contributed by atoms with Gasteiger partial charge in [-0.2, -0.15) is 0 Å². The van der Waals surface area contributed by atoms with Gasteiger partial charge in [-0.15, -0.1) is 0 Å². The van der Waals surface area contributed by atoms with Gasteiger partial charge in [0, 0.05) is 13.1 Å². The number of likely N-dealkylation sites (N-methyl/N-ethyl adjacent to an activating group) is 1. The molecule has 1 aliphatic rings. The van der Waals surface area contributed by atoms with Crippen LogP contribution in [0.1, 0.15) is 18.4 Å². The number of nitrogens with zero attached hydrogens (tertiary/aromatic N) is 1. The summed E-state index contributed by atoms with van der Waals surface area (Å²) in [5.41, 5.74) is 0.839. The topological polar surface area (TPSA) is 20.3 Å². The number of carbonyl (C=O) groups excluding carboxylic acids is 1. The van der Waals surface area contributed by atoms with E-state index in [2.05, 4.69) is 15.9 Å². The minimum Gasteiger partial charge on any atom is -0.342 e. The van der Waals surface area contributed by atoms with Crippen molar-refractivity contribution in [2.24, 2.45) is 0 Å². The van der Waals surface area contributed by atoms with Crippen molar-refractivity contribution in [3.63, 3.8) is 0 Å². The fourth-order valence-corrected chi connectivity index (χ4v) is 2.04. The summed E-state index contributed by atoms with van der Waals surface area (Å²) >= 11 is 3.11. The molecule has 4 heteroatoms. The summed E-state index contributed by atoms with van der Waals surface area (Å²) in [7, 11) is 1.83. The van der Waals surface area contributed by atoms with E-state index in [9.17, 15) is 9.18 Å². The first kappa shape index (κ1) is 11.6. The van der Waals surface area contributed by atoms with Crippen molar-refractivity contribution in [3.8, 4) is 0 Å². The number of benzene rings is 1. The van der Waals surface area contributed by atoms with Gasteiger partial charge >= 0.3 is 0 Å². The van der Waals surface area contributed by atoms with Crippen LogP contribution in [0.3, 0.4) is 0 Å². The summed E-state index contributed by atoms with van der Waals surface area (Å²) in [6, 6.07) is 5.12. The number of halogens is 2. The van der Waals surface area contributed by atoms with Crippen molar-refractivity contribution in [3.05, 3.63) is 34.1 Å². The third-order valence-electron chi connectivity index (χ3n) is 2.83. The monoisotopic (exact) mass is 285 g/mol. The van der Waals surface area contributed by atoms with E-state index < -0.39 is 0 Å². The molecular formula is C12H13BrFNO. The van der Waals surface area contributed by atoms with Gasteiger partial charge in [0.25, 0.3) is 0 Å². The van der Waals surface area contributed by atoms with Crippen molar-refractivity contribution < 1.29 is 9.18 Å². The minimum absolute atomic E-state index is 0.0982. The molecule has 1 aliphatic carbocycles. The summed E-state index contributed by atoms with van der Waals surface area (Å²) in [5, 5.41) is 0. The third-order valence-corrected chi connectivity index (χ3v) is 3.44. The zero-order valence-electron chi connectivity index (χ0n) is 9.04. The van der Waals surface area contributed by atoms with Crippen LogP contribution >= 0.6 is 15.9 Å². The predicted molar refractivity (Wildman–Crippen MR) is 63.6 cm³/mol. The molecule has 1 amide bonds. The lowest BCUT2D eigenvalue weighted by Gasteiger charge is -2.16. The van der Waals surface area contributed by atoms with Crippen LogP contribution in [0.25, 0.3) is 0 Å². The first-order chi connectivity index (χ1) is 7.58. The van der Waals surface area contributed by atoms with Crippen molar-refractivity contribution in [1.82, 2.24) is 4.90 Å². The molecule has 2 rings (SSSR count). The van der Waals surface area contributed by atoms with Crippen LogP contribution in [0.2, 0.25) is 0 Å². The van der Waals surface area contributed by atoms with Gasteiger partial charge in [-0.1, -0.05) is 6.07 Å². The lowest BCUT2D eigenvalue weighted by Crippen LogP contribution is -2.30. The maximum Gasteiger partial charge on any atom is 0.226 e. The van der Waals surface area contributed by atoms with Gasteiger partial charge in [0.2, 0.25) is 5.91 Å². The Morgan fingerprint density at radius 1 is 1.56 bits per heavy atom. The van der Waals surface area contributed by atoms with E-state index in [1.807, 2.05) is 7.05 Å². The molecule has 2 nitrogen and oxygen atoms in total. The molecule has 0 radical (unpaired) electrons. The Balaban J connectivity index is 2.02. The predicted octanol–water partition coefficient (Wildman–Crippen LogP) is 2.75. The Morgan fingerprint density at radius 2 is 2.25 bits per heavy atom. The van der Waals surface area contributed by atoms with Crippen molar-refractivity contribution in [1.29, 1.82) is 0 Å². The Labute approximate surface area is 103 Å². The second-order valence-corrected chi connectivity index (χ2v) is 5.02. The molecule has 0 bridgehead atoms. The largest absolute Gasteiger partial charge is 0.342 e. The number of rotatable bonds is 3. The highest BCUT2D eigenvalue weighted by Gasteiger charge is 2.29. The number of hydrogen-bond donors (Lipinski definition) is 0. The third kappa shape index (κ3) is 2.61. The zero-order chi connectivity index (χ0) is 11.7. The van der Waals surface area contributed by atoms with E-state index in [4.69, 9.17) is 0 Å². The highest BCUT2D eigenvalue weighted by Crippen LogP contribution is 2.26. The minimum atomic E-state index is -0.299. The Morgan fingerprint density at radius 3 is 2.81 bits per heavy atom. The van der Waals surface area contributed by atoms with Crippen molar-refractivity contribution in [2.75, 3.05) is 7.05 Å². The Bertz CT molecular complexity index is 417. The SMILES string of the molecule is CN(C(=O)Cc1ccc(F)c(Br)c1)C1CC1. The van der Waals surface area contributed by atoms with Gasteiger partial charge in [-0.25, -0.2) is 4.39 Å². The van der Waals surface area contributed by atoms with Gasteiger partial charge in [0.15, 0.2) is 0 Å². The smallest absolute Gasteiger partial charge is 0.226 e. The molecule has 1 aromatic carbocycles. The summed E-state index contributed by atoms with van der Waals surface area (Å²) in [6.07, 6.45) is 2.55. The quantitative estimate of drug-likeness (QED) is 0.836. The Kier molecular flexibility index (Phi) is 3.28. The van der Waals surface area contributed by atoms with E-state index in [-0.39, 0.29) is 11.7 Å². The highest BCUT2D eigenvalue weighted by molar-refractivity contribution is 9.10. The number of amides is 1. The van der Waals surface area contributed by atoms with Crippen LogP contribution in [-0.4, -0.2) is 23.9 Å². The summed E-state index contributed by atoms with van der Waals surface area (Å²) in [5.74, 6) is -0.201. The molecule has 1 saturated carbocycles. The Hall–Kier alpha value is -0.900. The maximum absolute atomic E-state index is 13.0. The van der Waals surface area contributed by atoms with Gasteiger partial charge in [0.05, 0.1) is 10.9 Å². The second-order valence-electron chi connectivity index (χ2n) is 4.16. The van der Waals surface area contributed by atoms with Crippen LogP contribution in [0.5, 0.6) is 0 Å².